The minimum absolute atomic E-state index is 0.0546. The molecule has 160 valence electrons. The quantitative estimate of drug-likeness (QED) is 0.524. The molecule has 31 heavy (non-hydrogen) atoms. The topological polar surface area (TPSA) is 91.0 Å². The Morgan fingerprint density at radius 3 is 2.71 bits per heavy atom. The number of nitro benzene ring substituents is 1. The van der Waals surface area contributed by atoms with Crippen LogP contribution in [0.4, 0.5) is 5.69 Å². The maximum atomic E-state index is 12.9. The van der Waals surface area contributed by atoms with Crippen molar-refractivity contribution < 1.29 is 19.2 Å². The summed E-state index contributed by atoms with van der Waals surface area (Å²) in [6.45, 7) is 2.16. The Labute approximate surface area is 180 Å². The number of rotatable bonds is 3. The summed E-state index contributed by atoms with van der Waals surface area (Å²) in [6.07, 6.45) is 4.75. The molecule has 0 radical (unpaired) electrons. The molecule has 2 fully saturated rings. The third-order valence-corrected chi connectivity index (χ3v) is 7.34. The van der Waals surface area contributed by atoms with E-state index >= 15 is 0 Å². The smallest absolute Gasteiger partial charge is 0.280 e. The van der Waals surface area contributed by atoms with Crippen LogP contribution in [0.15, 0.2) is 47.5 Å². The number of hydrogen-bond acceptors (Lipinski definition) is 5. The van der Waals surface area contributed by atoms with Gasteiger partial charge in [-0.3, -0.25) is 14.9 Å². The van der Waals surface area contributed by atoms with Crippen molar-refractivity contribution in [3.8, 4) is 5.75 Å². The van der Waals surface area contributed by atoms with Crippen LogP contribution in [0.1, 0.15) is 54.1 Å². The van der Waals surface area contributed by atoms with Crippen molar-refractivity contribution in [2.45, 2.75) is 44.6 Å². The summed E-state index contributed by atoms with van der Waals surface area (Å²) in [4.78, 5) is 27.7. The molecule has 7 heteroatoms. The molecule has 5 rings (SSSR count). The van der Waals surface area contributed by atoms with E-state index in [0.717, 1.165) is 37.9 Å². The summed E-state index contributed by atoms with van der Waals surface area (Å²) in [5, 5.41) is 10.9. The van der Waals surface area contributed by atoms with Crippen LogP contribution in [-0.2, 0) is 16.8 Å². The molecule has 2 bridgehead atoms. The van der Waals surface area contributed by atoms with Crippen molar-refractivity contribution >= 4 is 17.5 Å². The van der Waals surface area contributed by atoms with Gasteiger partial charge in [-0.1, -0.05) is 13.0 Å². The lowest BCUT2D eigenvalue weighted by Gasteiger charge is -2.46. The first-order chi connectivity index (χ1) is 14.9. The van der Waals surface area contributed by atoms with E-state index in [1.54, 1.807) is 7.11 Å². The molecule has 1 amide bonds. The average Bonchev–Trinajstić information content (AvgIpc) is 2.92. The number of carbonyl (C=O) groups excluding carboxylic acids is 1. The molecule has 0 N–H and O–H groups in total. The number of ether oxygens (including phenoxy) is 2. The van der Waals surface area contributed by atoms with Crippen LogP contribution in [0.5, 0.6) is 5.75 Å². The summed E-state index contributed by atoms with van der Waals surface area (Å²) in [6, 6.07) is 11.7. The second-order valence-corrected chi connectivity index (χ2v) is 8.90. The predicted octanol–water partition coefficient (Wildman–Crippen LogP) is 4.82. The number of amides is 1. The van der Waals surface area contributed by atoms with Crippen LogP contribution in [-0.4, -0.2) is 23.8 Å². The number of methoxy groups -OCH3 is 1. The fraction of sp³-hybridized carbons (Fsp3) is 0.417. The molecule has 1 unspecified atom stereocenters. The van der Waals surface area contributed by atoms with E-state index in [4.69, 9.17) is 9.47 Å². The molecule has 2 aliphatic carbocycles. The van der Waals surface area contributed by atoms with E-state index in [2.05, 4.69) is 24.0 Å². The van der Waals surface area contributed by atoms with Crippen molar-refractivity contribution in [1.82, 2.24) is 0 Å². The Balaban J connectivity index is 1.53. The van der Waals surface area contributed by atoms with Gasteiger partial charge in [0.05, 0.1) is 17.4 Å². The third-order valence-electron chi connectivity index (χ3n) is 7.34. The van der Waals surface area contributed by atoms with Gasteiger partial charge in [-0.05, 0) is 67.5 Å². The molecular formula is C24H24N2O5. The van der Waals surface area contributed by atoms with Crippen LogP contribution in [0.25, 0.3) is 0 Å². The van der Waals surface area contributed by atoms with E-state index in [1.807, 2.05) is 6.07 Å². The normalized spacial score (nSPS) is 29.6. The molecule has 2 aromatic carbocycles. The van der Waals surface area contributed by atoms with Gasteiger partial charge in [0.1, 0.15) is 11.4 Å². The number of nitrogens with zero attached hydrogens (tertiary/aromatic N) is 2. The highest BCUT2D eigenvalue weighted by molar-refractivity contribution is 6.04. The van der Waals surface area contributed by atoms with Gasteiger partial charge in [-0.25, -0.2) is 0 Å². The largest absolute Gasteiger partial charge is 0.497 e. The minimum atomic E-state index is -0.485. The number of aryl methyl sites for hydroxylation is 1. The van der Waals surface area contributed by atoms with Gasteiger partial charge >= 0.3 is 0 Å². The van der Waals surface area contributed by atoms with Gasteiger partial charge in [-0.15, -0.1) is 0 Å². The lowest BCUT2D eigenvalue weighted by atomic mass is 9.56. The van der Waals surface area contributed by atoms with Crippen molar-refractivity contribution in [3.05, 3.63) is 69.3 Å². The van der Waals surface area contributed by atoms with Crippen LogP contribution in [0, 0.1) is 21.4 Å². The molecule has 3 aliphatic rings. The van der Waals surface area contributed by atoms with Gasteiger partial charge in [0.15, 0.2) is 5.90 Å². The van der Waals surface area contributed by atoms with Gasteiger partial charge in [-0.2, -0.15) is 4.99 Å². The van der Waals surface area contributed by atoms with Crippen molar-refractivity contribution in [3.63, 3.8) is 0 Å². The summed E-state index contributed by atoms with van der Waals surface area (Å²) in [5.74, 6) is 1.18. The maximum Gasteiger partial charge on any atom is 0.280 e. The monoisotopic (exact) mass is 420 g/mol. The zero-order chi connectivity index (χ0) is 21.8. The predicted molar refractivity (Wildman–Crippen MR) is 114 cm³/mol. The van der Waals surface area contributed by atoms with Crippen molar-refractivity contribution in [1.29, 1.82) is 0 Å². The number of nitro groups is 1. The summed E-state index contributed by atoms with van der Waals surface area (Å²) < 4.78 is 12.0. The first kappa shape index (κ1) is 19.7. The Hall–Kier alpha value is -3.22. The standard InChI is InChI=1S/C24H24N2O5/c1-23-12-3-13-24(19-10-9-18(30-2)14-16(19)6-11-20(23)24)31-22(23)25-21(27)15-4-7-17(8-5-15)26(28)29/h4-5,7-10,14,20H,3,6,11-13H2,1-2H3/t20?,23-,24-/m0/s1. The molecule has 3 atom stereocenters. The summed E-state index contributed by atoms with van der Waals surface area (Å²) in [7, 11) is 1.67. The molecule has 0 spiro atoms. The zero-order valence-corrected chi connectivity index (χ0v) is 17.6. The number of benzene rings is 2. The Kier molecular flexibility index (Phi) is 4.39. The summed E-state index contributed by atoms with van der Waals surface area (Å²) >= 11 is 0. The first-order valence-electron chi connectivity index (χ1n) is 10.6. The van der Waals surface area contributed by atoms with E-state index in [-0.39, 0.29) is 17.0 Å². The SMILES string of the molecule is COc1ccc2c(c1)CCC1[C@]23CCC[C@]1(C)C(=NC(=O)c1ccc([N+](=O)[O-])cc1)O3. The maximum absolute atomic E-state index is 12.9. The van der Waals surface area contributed by atoms with Crippen molar-refractivity contribution in [2.75, 3.05) is 7.11 Å². The highest BCUT2D eigenvalue weighted by atomic mass is 16.6. The first-order valence-corrected chi connectivity index (χ1v) is 10.6. The van der Waals surface area contributed by atoms with Crippen molar-refractivity contribution in [2.24, 2.45) is 16.3 Å². The fourth-order valence-electron chi connectivity index (χ4n) is 5.83. The van der Waals surface area contributed by atoms with E-state index in [9.17, 15) is 14.9 Å². The molecule has 1 saturated carbocycles. The third kappa shape index (κ3) is 2.86. The minimum Gasteiger partial charge on any atom is -0.497 e. The fourth-order valence-corrected chi connectivity index (χ4v) is 5.83. The molecule has 2 aromatic rings. The van der Waals surface area contributed by atoms with Gasteiger partial charge in [0, 0.05) is 23.6 Å². The second-order valence-electron chi connectivity index (χ2n) is 8.90. The van der Waals surface area contributed by atoms with E-state index in [1.165, 1.54) is 35.4 Å². The Morgan fingerprint density at radius 1 is 1.23 bits per heavy atom. The Morgan fingerprint density at radius 2 is 2.00 bits per heavy atom. The molecule has 0 aromatic heterocycles. The van der Waals surface area contributed by atoms with E-state index in [0.29, 0.717) is 11.5 Å². The number of non-ortho nitro benzene ring substituents is 1. The molecule has 7 nitrogen and oxygen atoms in total. The highest BCUT2D eigenvalue weighted by Gasteiger charge is 2.65. The average molecular weight is 420 g/mol. The molecule has 1 aliphatic heterocycles. The zero-order valence-electron chi connectivity index (χ0n) is 17.6. The number of hydrogen-bond donors (Lipinski definition) is 0. The Bertz CT molecular complexity index is 1110. The van der Waals surface area contributed by atoms with Crippen LogP contribution < -0.4 is 4.74 Å². The molecular weight excluding hydrogens is 396 g/mol. The van der Waals surface area contributed by atoms with Gasteiger partial charge in [0.2, 0.25) is 0 Å². The lowest BCUT2D eigenvalue weighted by molar-refractivity contribution is -0.384. The van der Waals surface area contributed by atoms with E-state index < -0.39 is 16.4 Å². The highest BCUT2D eigenvalue weighted by Crippen LogP contribution is 2.64. The van der Waals surface area contributed by atoms with Crippen LogP contribution in [0.2, 0.25) is 0 Å². The van der Waals surface area contributed by atoms with Gasteiger partial charge in [0.25, 0.3) is 11.6 Å². The number of carbonyl (C=O) groups is 1. The molecule has 1 saturated heterocycles. The second kappa shape index (κ2) is 6.90. The van der Waals surface area contributed by atoms with Crippen LogP contribution in [0.3, 0.4) is 0 Å². The molecule has 1 heterocycles. The van der Waals surface area contributed by atoms with Gasteiger partial charge < -0.3 is 9.47 Å². The van der Waals surface area contributed by atoms with Crippen LogP contribution >= 0.6 is 0 Å². The summed E-state index contributed by atoms with van der Waals surface area (Å²) in [5.41, 5.74) is 1.93. The lowest BCUT2D eigenvalue weighted by Crippen LogP contribution is -2.45. The number of fused-ring (bicyclic) bond motifs is 1. The number of aliphatic imine (C=N–C) groups is 1.